The zero-order valence-corrected chi connectivity index (χ0v) is 7.84. The molecule has 0 aliphatic carbocycles. The standard InChI is InChI=1S/C8H9N3O4/c12-6(13)2-1-3-11-4-5-7(8(11)14)10-15-9-5/h1-4H2,(H,12,13). The number of aliphatic carboxylic acids is 1. The first-order valence-electron chi connectivity index (χ1n) is 4.51. The summed E-state index contributed by atoms with van der Waals surface area (Å²) in [5.41, 5.74) is 0.764. The van der Waals surface area contributed by atoms with E-state index in [0.29, 0.717) is 25.2 Å². The summed E-state index contributed by atoms with van der Waals surface area (Å²) >= 11 is 0. The van der Waals surface area contributed by atoms with Gasteiger partial charge in [0, 0.05) is 13.0 Å². The van der Waals surface area contributed by atoms with Gasteiger partial charge in [-0.05, 0) is 11.6 Å². The first-order chi connectivity index (χ1) is 7.18. The highest BCUT2D eigenvalue weighted by molar-refractivity contribution is 5.95. The Morgan fingerprint density at radius 3 is 3.00 bits per heavy atom. The number of carbonyl (C=O) groups is 2. The van der Waals surface area contributed by atoms with E-state index in [1.165, 1.54) is 4.90 Å². The molecule has 0 spiro atoms. The molecule has 0 atom stereocenters. The van der Waals surface area contributed by atoms with Crippen LogP contribution in [-0.2, 0) is 11.3 Å². The number of aromatic nitrogens is 2. The average Bonchev–Trinajstić information content (AvgIpc) is 2.71. The molecule has 1 N–H and O–H groups in total. The number of fused-ring (bicyclic) bond motifs is 1. The van der Waals surface area contributed by atoms with Crippen LogP contribution in [0.1, 0.15) is 29.0 Å². The maximum absolute atomic E-state index is 11.5. The minimum absolute atomic E-state index is 0.0548. The lowest BCUT2D eigenvalue weighted by Gasteiger charge is -2.13. The van der Waals surface area contributed by atoms with Gasteiger partial charge in [-0.2, -0.15) is 0 Å². The van der Waals surface area contributed by atoms with Crippen LogP contribution in [0.25, 0.3) is 0 Å². The molecular weight excluding hydrogens is 202 g/mol. The van der Waals surface area contributed by atoms with E-state index in [1.807, 2.05) is 0 Å². The third-order valence-electron chi connectivity index (χ3n) is 2.21. The maximum atomic E-state index is 11.5. The third kappa shape index (κ3) is 1.80. The van der Waals surface area contributed by atoms with E-state index in [-0.39, 0.29) is 18.0 Å². The third-order valence-corrected chi connectivity index (χ3v) is 2.21. The molecule has 1 aliphatic rings. The topological polar surface area (TPSA) is 96.5 Å². The molecule has 15 heavy (non-hydrogen) atoms. The Morgan fingerprint density at radius 1 is 1.53 bits per heavy atom. The van der Waals surface area contributed by atoms with Crippen molar-refractivity contribution in [3.05, 3.63) is 11.4 Å². The quantitative estimate of drug-likeness (QED) is 0.746. The van der Waals surface area contributed by atoms with E-state index in [9.17, 15) is 9.59 Å². The highest BCUT2D eigenvalue weighted by atomic mass is 16.6. The summed E-state index contributed by atoms with van der Waals surface area (Å²) in [6, 6.07) is 0. The van der Waals surface area contributed by atoms with Crippen LogP contribution >= 0.6 is 0 Å². The van der Waals surface area contributed by atoms with Gasteiger partial charge in [-0.1, -0.05) is 5.16 Å². The highest BCUT2D eigenvalue weighted by Gasteiger charge is 2.32. The Bertz CT molecular complexity index is 400. The molecule has 1 aromatic heterocycles. The molecule has 80 valence electrons. The maximum Gasteiger partial charge on any atom is 0.303 e. The second-order valence-electron chi connectivity index (χ2n) is 3.28. The average molecular weight is 211 g/mol. The van der Waals surface area contributed by atoms with Gasteiger partial charge in [-0.15, -0.1) is 0 Å². The van der Waals surface area contributed by atoms with E-state index in [2.05, 4.69) is 14.9 Å². The number of hydrogen-bond donors (Lipinski definition) is 1. The highest BCUT2D eigenvalue weighted by Crippen LogP contribution is 2.18. The fourth-order valence-electron chi connectivity index (χ4n) is 1.48. The zero-order valence-electron chi connectivity index (χ0n) is 7.84. The monoisotopic (exact) mass is 211 g/mol. The summed E-state index contributed by atoms with van der Waals surface area (Å²) in [6.07, 6.45) is 0.488. The molecule has 2 rings (SSSR count). The Morgan fingerprint density at radius 2 is 2.33 bits per heavy atom. The summed E-state index contributed by atoms with van der Waals surface area (Å²) in [6.45, 7) is 0.764. The van der Waals surface area contributed by atoms with E-state index >= 15 is 0 Å². The minimum Gasteiger partial charge on any atom is -0.481 e. The van der Waals surface area contributed by atoms with Gasteiger partial charge in [0.25, 0.3) is 5.91 Å². The second kappa shape index (κ2) is 3.68. The smallest absolute Gasteiger partial charge is 0.303 e. The molecule has 7 heteroatoms. The summed E-state index contributed by atoms with van der Waals surface area (Å²) in [5.74, 6) is -1.10. The molecule has 1 amide bonds. The van der Waals surface area contributed by atoms with Gasteiger partial charge < -0.3 is 10.0 Å². The molecule has 7 nitrogen and oxygen atoms in total. The molecule has 0 saturated carbocycles. The van der Waals surface area contributed by atoms with Gasteiger partial charge in [0.1, 0.15) is 5.69 Å². The van der Waals surface area contributed by atoms with Crippen LogP contribution in [-0.4, -0.2) is 38.7 Å². The van der Waals surface area contributed by atoms with Crippen LogP contribution in [0.2, 0.25) is 0 Å². The number of carboxylic acids is 1. The molecule has 0 fully saturated rings. The van der Waals surface area contributed by atoms with Crippen molar-refractivity contribution >= 4 is 11.9 Å². The van der Waals surface area contributed by atoms with E-state index < -0.39 is 5.97 Å². The van der Waals surface area contributed by atoms with Gasteiger partial charge in [0.05, 0.1) is 6.54 Å². The van der Waals surface area contributed by atoms with Crippen LogP contribution in [0.15, 0.2) is 4.63 Å². The van der Waals surface area contributed by atoms with Crippen molar-refractivity contribution in [2.24, 2.45) is 0 Å². The van der Waals surface area contributed by atoms with Gasteiger partial charge in [0.2, 0.25) is 0 Å². The van der Waals surface area contributed by atoms with Crippen molar-refractivity contribution in [3.8, 4) is 0 Å². The van der Waals surface area contributed by atoms with Crippen molar-refractivity contribution in [2.45, 2.75) is 19.4 Å². The summed E-state index contributed by atoms with van der Waals surface area (Å²) in [5, 5.41) is 15.5. The first-order valence-corrected chi connectivity index (χ1v) is 4.51. The van der Waals surface area contributed by atoms with Crippen LogP contribution in [0.4, 0.5) is 0 Å². The number of rotatable bonds is 4. The predicted octanol–water partition coefficient (Wildman–Crippen LogP) is -0.110. The number of nitrogens with zero attached hydrogens (tertiary/aromatic N) is 3. The Balaban J connectivity index is 1.90. The van der Waals surface area contributed by atoms with E-state index in [0.717, 1.165) is 0 Å². The predicted molar refractivity (Wildman–Crippen MR) is 45.9 cm³/mol. The fourth-order valence-corrected chi connectivity index (χ4v) is 1.48. The lowest BCUT2D eigenvalue weighted by Crippen LogP contribution is -2.26. The molecule has 0 radical (unpaired) electrons. The minimum atomic E-state index is -0.861. The van der Waals surface area contributed by atoms with Gasteiger partial charge in [-0.25, -0.2) is 4.63 Å². The van der Waals surface area contributed by atoms with Gasteiger partial charge in [-0.3, -0.25) is 9.59 Å². The Hall–Kier alpha value is -1.92. The van der Waals surface area contributed by atoms with Crippen LogP contribution < -0.4 is 0 Å². The fraction of sp³-hybridized carbons (Fsp3) is 0.500. The van der Waals surface area contributed by atoms with Crippen molar-refractivity contribution < 1.29 is 19.3 Å². The molecule has 2 heterocycles. The van der Waals surface area contributed by atoms with E-state index in [4.69, 9.17) is 5.11 Å². The molecule has 0 saturated heterocycles. The van der Waals surface area contributed by atoms with Crippen LogP contribution in [0.5, 0.6) is 0 Å². The molecular formula is C8H9N3O4. The number of carbonyl (C=O) groups excluding carboxylic acids is 1. The molecule has 1 aromatic rings. The lowest BCUT2D eigenvalue weighted by atomic mass is 10.3. The van der Waals surface area contributed by atoms with E-state index in [1.54, 1.807) is 0 Å². The molecule has 0 bridgehead atoms. The SMILES string of the molecule is O=C(O)CCCN1Cc2nonc2C1=O. The largest absolute Gasteiger partial charge is 0.481 e. The van der Waals surface area contributed by atoms with Crippen LogP contribution in [0.3, 0.4) is 0 Å². The first kappa shape index (κ1) is 9.63. The van der Waals surface area contributed by atoms with Crippen molar-refractivity contribution in [2.75, 3.05) is 6.54 Å². The second-order valence-corrected chi connectivity index (χ2v) is 3.28. The van der Waals surface area contributed by atoms with Gasteiger partial charge >= 0.3 is 5.97 Å². The number of hydrogen-bond acceptors (Lipinski definition) is 5. The molecule has 1 aliphatic heterocycles. The van der Waals surface area contributed by atoms with Crippen molar-refractivity contribution in [1.82, 2.24) is 15.2 Å². The molecule has 0 aromatic carbocycles. The zero-order chi connectivity index (χ0) is 10.8. The summed E-state index contributed by atoms with van der Waals surface area (Å²) < 4.78 is 4.41. The lowest BCUT2D eigenvalue weighted by molar-refractivity contribution is -0.137. The number of amides is 1. The Labute approximate surface area is 84.6 Å². The number of carboxylic acid groups (broad SMARTS) is 1. The molecule has 0 unspecified atom stereocenters. The van der Waals surface area contributed by atoms with Crippen molar-refractivity contribution in [1.29, 1.82) is 0 Å². The Kier molecular flexibility index (Phi) is 2.36. The van der Waals surface area contributed by atoms with Crippen LogP contribution in [0, 0.1) is 0 Å². The van der Waals surface area contributed by atoms with Crippen molar-refractivity contribution in [3.63, 3.8) is 0 Å². The van der Waals surface area contributed by atoms with Gasteiger partial charge in [0.15, 0.2) is 5.69 Å². The summed E-state index contributed by atoms with van der Waals surface area (Å²) in [4.78, 5) is 23.3. The normalized spacial score (nSPS) is 14.4. The summed E-state index contributed by atoms with van der Waals surface area (Å²) in [7, 11) is 0.